The molecular weight excluding hydrogens is 330 g/mol. The highest BCUT2D eigenvalue weighted by atomic mass is 79.9. The fraction of sp³-hybridized carbons (Fsp3) is 0.500. The smallest absolute Gasteiger partial charge is 0.197 e. The van der Waals surface area contributed by atoms with Gasteiger partial charge in [0.25, 0.3) is 0 Å². The molecule has 0 amide bonds. The summed E-state index contributed by atoms with van der Waals surface area (Å²) in [7, 11) is 0. The number of furan rings is 1. The maximum absolute atomic E-state index is 5.97. The summed E-state index contributed by atoms with van der Waals surface area (Å²) in [6.45, 7) is 7.22. The number of nitrogens with one attached hydrogen (secondary N) is 1. The van der Waals surface area contributed by atoms with Crippen molar-refractivity contribution < 1.29 is 4.42 Å². The third-order valence-corrected chi connectivity index (χ3v) is 4.75. The number of hydrogen-bond acceptors (Lipinski definition) is 4. The van der Waals surface area contributed by atoms with Crippen molar-refractivity contribution in [3.63, 3.8) is 0 Å². The first-order chi connectivity index (χ1) is 10.1. The minimum absolute atomic E-state index is 0.577. The van der Waals surface area contributed by atoms with Gasteiger partial charge in [-0.1, -0.05) is 13.8 Å². The molecule has 1 N–H and O–H groups in total. The average molecular weight is 350 g/mol. The van der Waals surface area contributed by atoms with Gasteiger partial charge in [-0.05, 0) is 53.7 Å². The van der Waals surface area contributed by atoms with Crippen molar-refractivity contribution in [3.8, 4) is 11.6 Å². The molecule has 1 aliphatic carbocycles. The highest BCUT2D eigenvalue weighted by molar-refractivity contribution is 9.10. The van der Waals surface area contributed by atoms with E-state index in [1.165, 1.54) is 6.42 Å². The van der Waals surface area contributed by atoms with Crippen LogP contribution in [0.3, 0.4) is 0 Å². The van der Waals surface area contributed by atoms with Gasteiger partial charge in [-0.15, -0.1) is 0 Å². The van der Waals surface area contributed by atoms with Gasteiger partial charge in [0.15, 0.2) is 11.6 Å². The average Bonchev–Trinajstić information content (AvgIpc) is 3.02. The molecule has 0 aliphatic heterocycles. The number of aromatic nitrogens is 2. The van der Waals surface area contributed by atoms with Crippen molar-refractivity contribution in [3.05, 3.63) is 28.1 Å². The molecule has 1 aliphatic rings. The third kappa shape index (κ3) is 2.84. The van der Waals surface area contributed by atoms with Crippen LogP contribution in [0.25, 0.3) is 11.6 Å². The SMILES string of the molecule is CCNc1nc(-c2ccc(C3CC3C)o2)nc(CC)c1Br. The Kier molecular flexibility index (Phi) is 4.02. The predicted molar refractivity (Wildman–Crippen MR) is 87.5 cm³/mol. The number of nitrogens with zero attached hydrogens (tertiary/aromatic N) is 2. The Morgan fingerprint density at radius 1 is 1.33 bits per heavy atom. The van der Waals surface area contributed by atoms with E-state index < -0.39 is 0 Å². The van der Waals surface area contributed by atoms with Crippen LogP contribution in [-0.2, 0) is 6.42 Å². The summed E-state index contributed by atoms with van der Waals surface area (Å²) < 4.78 is 6.91. The first-order valence-electron chi connectivity index (χ1n) is 7.54. The Morgan fingerprint density at radius 2 is 2.10 bits per heavy atom. The first-order valence-corrected chi connectivity index (χ1v) is 8.33. The van der Waals surface area contributed by atoms with Gasteiger partial charge in [-0.25, -0.2) is 9.97 Å². The zero-order valence-corrected chi connectivity index (χ0v) is 14.2. The Bertz CT molecular complexity index is 653. The lowest BCUT2D eigenvalue weighted by Crippen LogP contribution is -2.05. The van der Waals surface area contributed by atoms with E-state index in [4.69, 9.17) is 4.42 Å². The molecule has 0 spiro atoms. The van der Waals surface area contributed by atoms with Crippen LogP contribution in [0, 0.1) is 5.92 Å². The van der Waals surface area contributed by atoms with Gasteiger partial charge < -0.3 is 9.73 Å². The van der Waals surface area contributed by atoms with Crippen molar-refractivity contribution in [2.45, 2.75) is 39.5 Å². The largest absolute Gasteiger partial charge is 0.457 e. The van der Waals surface area contributed by atoms with Crippen molar-refractivity contribution in [2.75, 3.05) is 11.9 Å². The number of aryl methyl sites for hydroxylation is 1. The second kappa shape index (κ2) is 5.79. The maximum Gasteiger partial charge on any atom is 0.197 e. The lowest BCUT2D eigenvalue weighted by molar-refractivity contribution is 0.514. The van der Waals surface area contributed by atoms with Crippen molar-refractivity contribution in [1.29, 1.82) is 0 Å². The normalized spacial score (nSPS) is 20.6. The summed E-state index contributed by atoms with van der Waals surface area (Å²) in [5, 5.41) is 3.27. The van der Waals surface area contributed by atoms with Gasteiger partial charge in [-0.2, -0.15) is 0 Å². The highest BCUT2D eigenvalue weighted by Crippen LogP contribution is 2.48. The second-order valence-electron chi connectivity index (χ2n) is 5.56. The zero-order valence-electron chi connectivity index (χ0n) is 12.6. The monoisotopic (exact) mass is 349 g/mol. The van der Waals surface area contributed by atoms with E-state index in [0.29, 0.717) is 11.7 Å². The molecule has 21 heavy (non-hydrogen) atoms. The second-order valence-corrected chi connectivity index (χ2v) is 6.35. The van der Waals surface area contributed by atoms with E-state index >= 15 is 0 Å². The van der Waals surface area contributed by atoms with Crippen LogP contribution in [0.4, 0.5) is 5.82 Å². The summed E-state index contributed by atoms with van der Waals surface area (Å²) in [4.78, 5) is 9.21. The van der Waals surface area contributed by atoms with Gasteiger partial charge in [-0.3, -0.25) is 0 Å². The summed E-state index contributed by atoms with van der Waals surface area (Å²) in [6.07, 6.45) is 2.07. The quantitative estimate of drug-likeness (QED) is 0.855. The molecule has 0 saturated heterocycles. The minimum atomic E-state index is 0.577. The summed E-state index contributed by atoms with van der Waals surface area (Å²) in [5.74, 6) is 4.62. The molecule has 1 saturated carbocycles. The molecule has 0 radical (unpaired) electrons. The van der Waals surface area contributed by atoms with Crippen LogP contribution in [0.15, 0.2) is 21.0 Å². The standard InChI is InChI=1S/C16H20BrN3O/c1-4-11-14(17)16(18-5-2)20-15(19-11)13-7-6-12(21-13)10-8-9(10)3/h6-7,9-10H,4-5,8H2,1-3H3,(H,18,19,20). The highest BCUT2D eigenvalue weighted by Gasteiger charge is 2.36. The number of halogens is 1. The molecule has 2 atom stereocenters. The molecule has 3 rings (SSSR count). The van der Waals surface area contributed by atoms with E-state index in [1.54, 1.807) is 0 Å². The predicted octanol–water partition coefficient (Wildman–Crippen LogP) is 4.62. The Balaban J connectivity index is 1.97. The van der Waals surface area contributed by atoms with Gasteiger partial charge in [0, 0.05) is 12.5 Å². The third-order valence-electron chi connectivity index (χ3n) is 3.92. The Hall–Kier alpha value is -1.36. The van der Waals surface area contributed by atoms with Crippen molar-refractivity contribution in [2.24, 2.45) is 5.92 Å². The fourth-order valence-electron chi connectivity index (χ4n) is 2.51. The molecule has 0 bridgehead atoms. The number of hydrogen-bond donors (Lipinski definition) is 1. The maximum atomic E-state index is 5.97. The van der Waals surface area contributed by atoms with Gasteiger partial charge in [0.05, 0.1) is 10.2 Å². The van der Waals surface area contributed by atoms with Crippen molar-refractivity contribution in [1.82, 2.24) is 9.97 Å². The summed E-state index contributed by atoms with van der Waals surface area (Å²) in [5.41, 5.74) is 0.994. The van der Waals surface area contributed by atoms with Crippen molar-refractivity contribution >= 4 is 21.7 Å². The van der Waals surface area contributed by atoms with E-state index in [0.717, 1.165) is 46.4 Å². The van der Waals surface area contributed by atoms with Gasteiger partial charge in [0.2, 0.25) is 0 Å². The Morgan fingerprint density at radius 3 is 2.71 bits per heavy atom. The van der Waals surface area contributed by atoms with Crippen LogP contribution in [0.1, 0.15) is 44.6 Å². The summed E-state index contributed by atoms with van der Waals surface area (Å²) in [6, 6.07) is 4.05. The van der Waals surface area contributed by atoms with E-state index in [-0.39, 0.29) is 0 Å². The van der Waals surface area contributed by atoms with Crippen LogP contribution >= 0.6 is 15.9 Å². The van der Waals surface area contributed by atoms with Crippen LogP contribution < -0.4 is 5.32 Å². The molecule has 2 unspecified atom stereocenters. The molecule has 0 aromatic carbocycles. The fourth-order valence-corrected chi connectivity index (χ4v) is 3.11. The van der Waals surface area contributed by atoms with E-state index in [1.807, 2.05) is 6.07 Å². The van der Waals surface area contributed by atoms with Gasteiger partial charge >= 0.3 is 0 Å². The molecule has 5 heteroatoms. The Labute approximate surface area is 133 Å². The minimum Gasteiger partial charge on any atom is -0.457 e. The van der Waals surface area contributed by atoms with Crippen LogP contribution in [-0.4, -0.2) is 16.5 Å². The lowest BCUT2D eigenvalue weighted by Gasteiger charge is -2.10. The number of anilines is 1. The van der Waals surface area contributed by atoms with Crippen LogP contribution in [0.5, 0.6) is 0 Å². The molecule has 4 nitrogen and oxygen atoms in total. The molecule has 2 aromatic heterocycles. The molecule has 2 aromatic rings. The molecule has 1 fully saturated rings. The topological polar surface area (TPSA) is 51.0 Å². The zero-order chi connectivity index (χ0) is 15.0. The van der Waals surface area contributed by atoms with Gasteiger partial charge in [0.1, 0.15) is 11.6 Å². The van der Waals surface area contributed by atoms with E-state index in [9.17, 15) is 0 Å². The molecular formula is C16H20BrN3O. The summed E-state index contributed by atoms with van der Waals surface area (Å²) >= 11 is 3.58. The molecule has 2 heterocycles. The lowest BCUT2D eigenvalue weighted by atomic mass is 10.2. The number of rotatable bonds is 5. The van der Waals surface area contributed by atoms with E-state index in [2.05, 4.69) is 58.1 Å². The van der Waals surface area contributed by atoms with Crippen LogP contribution in [0.2, 0.25) is 0 Å². The molecule has 112 valence electrons. The first kappa shape index (κ1) is 14.6.